The summed E-state index contributed by atoms with van der Waals surface area (Å²) in [5.74, 6) is -1.93. The standard InChI is InChI=1S/C24H16F7NO5/c25-22(26)23(27,28)36-16-6-2-5-15(13-16)21(33)11-10-19-18(8-3-9-20(19)32(34)35)14-4-1-7-17(12-14)37-24(29,30)31/h1-9,12-13,22H,10-11H2. The number of nitro benzene ring substituents is 1. The molecule has 0 saturated heterocycles. The maximum atomic E-state index is 13.2. The molecule has 0 aromatic heterocycles. The van der Waals surface area contributed by atoms with Crippen LogP contribution in [0.4, 0.5) is 36.4 Å². The fourth-order valence-corrected chi connectivity index (χ4v) is 3.46. The van der Waals surface area contributed by atoms with E-state index in [1.807, 2.05) is 0 Å². The largest absolute Gasteiger partial charge is 0.573 e. The molecule has 0 amide bonds. The molecule has 6 nitrogen and oxygen atoms in total. The summed E-state index contributed by atoms with van der Waals surface area (Å²) in [5, 5.41) is 11.6. The van der Waals surface area contributed by atoms with Crippen molar-refractivity contribution in [2.24, 2.45) is 0 Å². The van der Waals surface area contributed by atoms with Crippen molar-refractivity contribution in [2.45, 2.75) is 31.7 Å². The summed E-state index contributed by atoms with van der Waals surface area (Å²) in [7, 11) is 0. The van der Waals surface area contributed by atoms with Gasteiger partial charge in [0, 0.05) is 23.6 Å². The highest BCUT2D eigenvalue weighted by Crippen LogP contribution is 2.35. The van der Waals surface area contributed by atoms with Gasteiger partial charge >= 0.3 is 18.9 Å². The average molecular weight is 531 g/mol. The van der Waals surface area contributed by atoms with Crippen LogP contribution in [0.2, 0.25) is 0 Å². The number of Topliss-reactive ketones (excluding diaryl/α,β-unsaturated/α-hetero) is 1. The van der Waals surface area contributed by atoms with E-state index in [1.165, 1.54) is 30.3 Å². The molecule has 3 rings (SSSR count). The van der Waals surface area contributed by atoms with Gasteiger partial charge in [-0.3, -0.25) is 14.9 Å². The number of halogens is 7. The van der Waals surface area contributed by atoms with Gasteiger partial charge in [-0.15, -0.1) is 13.2 Å². The number of hydrogen-bond donors (Lipinski definition) is 0. The van der Waals surface area contributed by atoms with Crippen LogP contribution in [0.5, 0.6) is 11.5 Å². The monoisotopic (exact) mass is 531 g/mol. The Morgan fingerprint density at radius 2 is 1.51 bits per heavy atom. The van der Waals surface area contributed by atoms with E-state index in [-0.39, 0.29) is 35.1 Å². The molecule has 0 saturated carbocycles. The van der Waals surface area contributed by atoms with E-state index in [1.54, 1.807) is 0 Å². The minimum atomic E-state index is -4.96. The van der Waals surface area contributed by atoms with Crippen molar-refractivity contribution in [2.75, 3.05) is 0 Å². The summed E-state index contributed by atoms with van der Waals surface area (Å²) in [5.41, 5.74) is -0.230. The normalized spacial score (nSPS) is 11.9. The predicted molar refractivity (Wildman–Crippen MR) is 116 cm³/mol. The number of ketones is 1. The van der Waals surface area contributed by atoms with Crippen LogP contribution in [-0.4, -0.2) is 29.6 Å². The van der Waals surface area contributed by atoms with E-state index in [9.17, 15) is 45.6 Å². The molecular weight excluding hydrogens is 515 g/mol. The van der Waals surface area contributed by atoms with Crippen molar-refractivity contribution in [1.29, 1.82) is 0 Å². The Balaban J connectivity index is 1.89. The molecule has 0 bridgehead atoms. The van der Waals surface area contributed by atoms with Crippen LogP contribution in [0.25, 0.3) is 11.1 Å². The lowest BCUT2D eigenvalue weighted by Crippen LogP contribution is -2.33. The SMILES string of the molecule is O=C(CCc1c(-c2cccc(OC(F)(F)F)c2)cccc1[N+](=O)[O-])c1cccc(OC(F)(F)C(F)F)c1. The van der Waals surface area contributed by atoms with Gasteiger partial charge in [-0.2, -0.15) is 17.6 Å². The number of nitrogens with zero attached hydrogens (tertiary/aromatic N) is 1. The Hall–Kier alpha value is -4.16. The maximum absolute atomic E-state index is 13.2. The van der Waals surface area contributed by atoms with Crippen LogP contribution < -0.4 is 9.47 Å². The highest BCUT2D eigenvalue weighted by atomic mass is 19.4. The van der Waals surface area contributed by atoms with Crippen molar-refractivity contribution >= 4 is 11.5 Å². The lowest BCUT2D eigenvalue weighted by molar-refractivity contribution is -0.385. The zero-order chi connectivity index (χ0) is 27.4. The Morgan fingerprint density at radius 1 is 0.892 bits per heavy atom. The van der Waals surface area contributed by atoms with E-state index in [2.05, 4.69) is 9.47 Å². The van der Waals surface area contributed by atoms with Crippen LogP contribution in [0, 0.1) is 10.1 Å². The van der Waals surface area contributed by atoms with E-state index in [0.29, 0.717) is 0 Å². The van der Waals surface area contributed by atoms with E-state index in [4.69, 9.17) is 0 Å². The van der Waals surface area contributed by atoms with Crippen molar-refractivity contribution in [3.63, 3.8) is 0 Å². The van der Waals surface area contributed by atoms with Crippen LogP contribution in [0.15, 0.2) is 66.7 Å². The van der Waals surface area contributed by atoms with Crippen LogP contribution in [-0.2, 0) is 6.42 Å². The molecular formula is C24H16F7NO5. The first-order chi connectivity index (χ1) is 17.3. The minimum Gasteiger partial charge on any atom is -0.428 e. The van der Waals surface area contributed by atoms with Gasteiger partial charge in [-0.25, -0.2) is 0 Å². The molecule has 0 fully saturated rings. The van der Waals surface area contributed by atoms with Gasteiger partial charge in [0.25, 0.3) is 5.69 Å². The Labute approximate surface area is 204 Å². The Kier molecular flexibility index (Phi) is 8.04. The summed E-state index contributed by atoms with van der Waals surface area (Å²) in [6.07, 6.45) is -14.5. The van der Waals surface area contributed by atoms with Crippen LogP contribution in [0.3, 0.4) is 0 Å². The van der Waals surface area contributed by atoms with E-state index in [0.717, 1.165) is 36.4 Å². The third kappa shape index (κ3) is 7.18. The van der Waals surface area contributed by atoms with Gasteiger partial charge in [0.05, 0.1) is 4.92 Å². The molecule has 37 heavy (non-hydrogen) atoms. The number of hydrogen-bond acceptors (Lipinski definition) is 5. The highest BCUT2D eigenvalue weighted by molar-refractivity contribution is 5.96. The van der Waals surface area contributed by atoms with Gasteiger partial charge in [0.2, 0.25) is 0 Å². The van der Waals surface area contributed by atoms with Crippen molar-refractivity contribution in [1.82, 2.24) is 0 Å². The molecule has 0 unspecified atom stereocenters. The lowest BCUT2D eigenvalue weighted by atomic mass is 9.93. The number of carbonyl (C=O) groups excluding carboxylic acids is 1. The number of ether oxygens (including phenoxy) is 2. The predicted octanol–water partition coefficient (Wildman–Crippen LogP) is 7.21. The second kappa shape index (κ2) is 10.8. The van der Waals surface area contributed by atoms with Crippen molar-refractivity contribution in [3.8, 4) is 22.6 Å². The fraction of sp³-hybridized carbons (Fsp3) is 0.208. The van der Waals surface area contributed by atoms with E-state index >= 15 is 0 Å². The number of carbonyl (C=O) groups is 1. The zero-order valence-electron chi connectivity index (χ0n) is 18.5. The summed E-state index contributed by atoms with van der Waals surface area (Å²) in [6, 6.07) is 12.7. The Bertz CT molecular complexity index is 1290. The van der Waals surface area contributed by atoms with Crippen LogP contribution >= 0.6 is 0 Å². The molecule has 0 N–H and O–H groups in total. The fourth-order valence-electron chi connectivity index (χ4n) is 3.46. The van der Waals surface area contributed by atoms with Crippen LogP contribution in [0.1, 0.15) is 22.3 Å². The second-order valence-electron chi connectivity index (χ2n) is 7.55. The molecule has 3 aromatic carbocycles. The smallest absolute Gasteiger partial charge is 0.428 e. The summed E-state index contributed by atoms with van der Waals surface area (Å²) in [6.45, 7) is 0. The van der Waals surface area contributed by atoms with Gasteiger partial charge in [-0.05, 0) is 41.8 Å². The molecule has 0 radical (unpaired) electrons. The first-order valence-electron chi connectivity index (χ1n) is 10.4. The first-order valence-corrected chi connectivity index (χ1v) is 10.4. The molecule has 0 spiro atoms. The molecule has 0 atom stereocenters. The topological polar surface area (TPSA) is 78.7 Å². The summed E-state index contributed by atoms with van der Waals surface area (Å²) >= 11 is 0. The Morgan fingerprint density at radius 3 is 2.14 bits per heavy atom. The quantitative estimate of drug-likeness (QED) is 0.120. The third-order valence-electron chi connectivity index (χ3n) is 4.99. The molecule has 0 aliphatic carbocycles. The summed E-state index contributed by atoms with van der Waals surface area (Å²) < 4.78 is 96.9. The number of rotatable bonds is 10. The molecule has 196 valence electrons. The van der Waals surface area contributed by atoms with Gasteiger partial charge < -0.3 is 9.47 Å². The molecule has 0 aliphatic heterocycles. The third-order valence-corrected chi connectivity index (χ3v) is 4.99. The minimum absolute atomic E-state index is 0.0293. The molecule has 3 aromatic rings. The maximum Gasteiger partial charge on any atom is 0.573 e. The van der Waals surface area contributed by atoms with Crippen molar-refractivity contribution in [3.05, 3.63) is 88.0 Å². The molecule has 13 heteroatoms. The molecule has 0 aliphatic rings. The van der Waals surface area contributed by atoms with E-state index < -0.39 is 46.8 Å². The van der Waals surface area contributed by atoms with Crippen molar-refractivity contribution < 1.29 is 49.9 Å². The highest BCUT2D eigenvalue weighted by Gasteiger charge is 2.44. The molecule has 0 heterocycles. The lowest BCUT2D eigenvalue weighted by Gasteiger charge is -2.17. The number of alkyl halides is 7. The van der Waals surface area contributed by atoms with Gasteiger partial charge in [0.1, 0.15) is 11.5 Å². The number of benzene rings is 3. The average Bonchev–Trinajstić information content (AvgIpc) is 2.81. The van der Waals surface area contributed by atoms with Gasteiger partial charge in [0.15, 0.2) is 5.78 Å². The summed E-state index contributed by atoms with van der Waals surface area (Å²) in [4.78, 5) is 23.6. The first kappa shape index (κ1) is 27.4. The number of nitro groups is 1. The van der Waals surface area contributed by atoms with Gasteiger partial charge in [-0.1, -0.05) is 36.4 Å². The second-order valence-corrected chi connectivity index (χ2v) is 7.55. The zero-order valence-corrected chi connectivity index (χ0v) is 18.5.